The van der Waals surface area contributed by atoms with Crippen LogP contribution in [-0.2, 0) is 14.4 Å². The van der Waals surface area contributed by atoms with Gasteiger partial charge in [-0.2, -0.15) is 0 Å². The predicted octanol–water partition coefficient (Wildman–Crippen LogP) is 2.26. The van der Waals surface area contributed by atoms with Gasteiger partial charge in [-0.25, -0.2) is 0 Å². The minimum absolute atomic E-state index is 0.0131. The van der Waals surface area contributed by atoms with Crippen LogP contribution in [0.15, 0.2) is 22.8 Å². The lowest BCUT2D eigenvalue weighted by Gasteiger charge is -2.29. The summed E-state index contributed by atoms with van der Waals surface area (Å²) < 4.78 is 5.51. The molecule has 0 aromatic carbocycles. The van der Waals surface area contributed by atoms with Crippen LogP contribution in [-0.4, -0.2) is 40.6 Å². The van der Waals surface area contributed by atoms with Crippen LogP contribution in [0.2, 0.25) is 0 Å². The third-order valence-electron chi connectivity index (χ3n) is 4.65. The molecule has 6 nitrogen and oxygen atoms in total. The Balaban J connectivity index is 1.66. The standard InChI is InChI=1S/C17H22N2O4/c20-15-7-8-16(21)19(15)11-9-17(22)18-10-3-1-2-5-13(18)14-6-4-12-23-14/h4,6,12-13H,1-3,5,7-11H2/t13-/m0/s1. The van der Waals surface area contributed by atoms with Gasteiger partial charge in [0.2, 0.25) is 17.7 Å². The smallest absolute Gasteiger partial charge is 0.229 e. The maximum Gasteiger partial charge on any atom is 0.229 e. The van der Waals surface area contributed by atoms with Crippen LogP contribution >= 0.6 is 0 Å². The highest BCUT2D eigenvalue weighted by Crippen LogP contribution is 2.31. The molecule has 0 bridgehead atoms. The molecule has 6 heteroatoms. The van der Waals surface area contributed by atoms with Gasteiger partial charge in [0, 0.05) is 32.4 Å². The van der Waals surface area contributed by atoms with E-state index < -0.39 is 0 Å². The first-order valence-corrected chi connectivity index (χ1v) is 8.33. The van der Waals surface area contributed by atoms with E-state index in [-0.39, 0.29) is 49.6 Å². The van der Waals surface area contributed by atoms with Crippen LogP contribution in [0.5, 0.6) is 0 Å². The zero-order valence-corrected chi connectivity index (χ0v) is 13.2. The Kier molecular flexibility index (Phi) is 4.79. The van der Waals surface area contributed by atoms with Crippen molar-refractivity contribution in [3.05, 3.63) is 24.2 Å². The molecule has 2 fully saturated rings. The Morgan fingerprint density at radius 2 is 1.96 bits per heavy atom. The van der Waals surface area contributed by atoms with Crippen molar-refractivity contribution < 1.29 is 18.8 Å². The molecule has 23 heavy (non-hydrogen) atoms. The molecule has 0 unspecified atom stereocenters. The molecule has 3 amide bonds. The average Bonchev–Trinajstić information content (AvgIpc) is 3.10. The van der Waals surface area contributed by atoms with Crippen LogP contribution in [0.25, 0.3) is 0 Å². The molecular formula is C17H22N2O4. The highest BCUT2D eigenvalue weighted by atomic mass is 16.3. The Hall–Kier alpha value is -2.11. The van der Waals surface area contributed by atoms with E-state index in [9.17, 15) is 14.4 Å². The molecule has 124 valence electrons. The van der Waals surface area contributed by atoms with Crippen LogP contribution < -0.4 is 0 Å². The van der Waals surface area contributed by atoms with E-state index in [0.717, 1.165) is 31.4 Å². The second kappa shape index (κ2) is 6.98. The molecular weight excluding hydrogens is 296 g/mol. The molecule has 0 N–H and O–H groups in total. The molecule has 3 heterocycles. The summed E-state index contributed by atoms with van der Waals surface area (Å²) in [7, 11) is 0. The number of hydrogen-bond acceptors (Lipinski definition) is 4. The van der Waals surface area contributed by atoms with E-state index in [2.05, 4.69) is 0 Å². The number of furan rings is 1. The number of imide groups is 1. The van der Waals surface area contributed by atoms with Gasteiger partial charge in [0.05, 0.1) is 12.3 Å². The lowest BCUT2D eigenvalue weighted by atomic mass is 10.1. The Morgan fingerprint density at radius 1 is 1.17 bits per heavy atom. The second-order valence-corrected chi connectivity index (χ2v) is 6.16. The van der Waals surface area contributed by atoms with Crippen LogP contribution in [0.4, 0.5) is 0 Å². The largest absolute Gasteiger partial charge is 0.467 e. The summed E-state index contributed by atoms with van der Waals surface area (Å²) in [6, 6.07) is 3.71. The summed E-state index contributed by atoms with van der Waals surface area (Å²) in [4.78, 5) is 39.0. The van der Waals surface area contributed by atoms with Crippen LogP contribution in [0.1, 0.15) is 56.7 Å². The summed E-state index contributed by atoms with van der Waals surface area (Å²) >= 11 is 0. The van der Waals surface area contributed by atoms with Gasteiger partial charge < -0.3 is 9.32 Å². The predicted molar refractivity (Wildman–Crippen MR) is 82.2 cm³/mol. The number of carbonyl (C=O) groups is 3. The lowest BCUT2D eigenvalue weighted by molar-refractivity contribution is -0.140. The molecule has 0 radical (unpaired) electrons. The first-order chi connectivity index (χ1) is 11.2. The Morgan fingerprint density at radius 3 is 2.65 bits per heavy atom. The molecule has 3 rings (SSSR count). The molecule has 1 atom stereocenters. The number of amides is 3. The SMILES string of the molecule is O=C1CCC(=O)N1CCC(=O)N1CCCCC[C@H]1c1ccco1. The van der Waals surface area contributed by atoms with E-state index in [0.29, 0.717) is 6.54 Å². The first-order valence-electron chi connectivity index (χ1n) is 8.33. The zero-order chi connectivity index (χ0) is 16.2. The molecule has 0 saturated carbocycles. The number of likely N-dealkylation sites (tertiary alicyclic amines) is 2. The Bertz CT molecular complexity index is 565. The minimum atomic E-state index is -0.166. The summed E-state index contributed by atoms with van der Waals surface area (Å²) in [6.07, 6.45) is 6.39. The number of hydrogen-bond donors (Lipinski definition) is 0. The topological polar surface area (TPSA) is 70.8 Å². The highest BCUT2D eigenvalue weighted by Gasteiger charge is 2.32. The number of rotatable bonds is 4. The van der Waals surface area contributed by atoms with Gasteiger partial charge in [0.25, 0.3) is 0 Å². The van der Waals surface area contributed by atoms with Gasteiger partial charge in [-0.05, 0) is 25.0 Å². The van der Waals surface area contributed by atoms with Gasteiger partial charge in [0.1, 0.15) is 5.76 Å². The number of nitrogens with zero attached hydrogens (tertiary/aromatic N) is 2. The van der Waals surface area contributed by atoms with Crippen molar-refractivity contribution in [2.24, 2.45) is 0 Å². The summed E-state index contributed by atoms with van der Waals surface area (Å²) in [6.45, 7) is 0.893. The minimum Gasteiger partial charge on any atom is -0.467 e. The fourth-order valence-electron chi connectivity index (χ4n) is 3.41. The molecule has 1 aromatic rings. The summed E-state index contributed by atoms with van der Waals surface area (Å²) in [5.74, 6) is 0.469. The summed E-state index contributed by atoms with van der Waals surface area (Å²) in [5.41, 5.74) is 0. The van der Waals surface area contributed by atoms with Gasteiger partial charge in [-0.1, -0.05) is 12.8 Å². The quantitative estimate of drug-likeness (QED) is 0.798. The normalized spacial score (nSPS) is 22.5. The van der Waals surface area contributed by atoms with Crippen molar-refractivity contribution >= 4 is 17.7 Å². The molecule has 0 aliphatic carbocycles. The van der Waals surface area contributed by atoms with Crippen molar-refractivity contribution in [2.45, 2.75) is 51.0 Å². The zero-order valence-electron chi connectivity index (χ0n) is 13.2. The van der Waals surface area contributed by atoms with Gasteiger partial charge in [-0.3, -0.25) is 19.3 Å². The van der Waals surface area contributed by atoms with Gasteiger partial charge in [0.15, 0.2) is 0 Å². The van der Waals surface area contributed by atoms with E-state index in [1.54, 1.807) is 6.26 Å². The van der Waals surface area contributed by atoms with Crippen LogP contribution in [0, 0.1) is 0 Å². The maximum atomic E-state index is 12.7. The molecule has 0 spiro atoms. The fraction of sp³-hybridized carbons (Fsp3) is 0.588. The lowest BCUT2D eigenvalue weighted by Crippen LogP contribution is -2.38. The van der Waals surface area contributed by atoms with Gasteiger partial charge in [-0.15, -0.1) is 0 Å². The van der Waals surface area contributed by atoms with Crippen molar-refractivity contribution in [3.63, 3.8) is 0 Å². The highest BCUT2D eigenvalue weighted by molar-refractivity contribution is 6.02. The molecule has 2 saturated heterocycles. The van der Waals surface area contributed by atoms with E-state index in [4.69, 9.17) is 4.42 Å². The maximum absolute atomic E-state index is 12.7. The van der Waals surface area contributed by atoms with Crippen LogP contribution in [0.3, 0.4) is 0 Å². The van der Waals surface area contributed by atoms with E-state index >= 15 is 0 Å². The molecule has 2 aliphatic heterocycles. The molecule has 1 aromatic heterocycles. The molecule has 2 aliphatic rings. The monoisotopic (exact) mass is 318 g/mol. The van der Waals surface area contributed by atoms with Crippen molar-refractivity contribution in [1.29, 1.82) is 0 Å². The average molecular weight is 318 g/mol. The Labute approximate surface area is 135 Å². The third kappa shape index (κ3) is 3.46. The third-order valence-corrected chi connectivity index (χ3v) is 4.65. The van der Waals surface area contributed by atoms with Crippen molar-refractivity contribution in [2.75, 3.05) is 13.1 Å². The van der Waals surface area contributed by atoms with E-state index in [1.807, 2.05) is 17.0 Å². The van der Waals surface area contributed by atoms with Crippen molar-refractivity contribution in [1.82, 2.24) is 9.80 Å². The van der Waals surface area contributed by atoms with Crippen molar-refractivity contribution in [3.8, 4) is 0 Å². The number of carbonyl (C=O) groups excluding carboxylic acids is 3. The second-order valence-electron chi connectivity index (χ2n) is 6.16. The fourth-order valence-corrected chi connectivity index (χ4v) is 3.41. The first kappa shape index (κ1) is 15.8. The summed E-state index contributed by atoms with van der Waals surface area (Å²) in [5, 5.41) is 0. The van der Waals surface area contributed by atoms with E-state index in [1.165, 1.54) is 4.90 Å². The van der Waals surface area contributed by atoms with Gasteiger partial charge >= 0.3 is 0 Å².